The average Bonchev–Trinajstić information content (AvgIpc) is 3.35. The molecule has 2 N–H and O–H groups in total. The van der Waals surface area contributed by atoms with Crippen LogP contribution < -0.4 is 26.2 Å². The minimum absolute atomic E-state index is 0.154. The third-order valence-corrected chi connectivity index (χ3v) is 5.88. The summed E-state index contributed by atoms with van der Waals surface area (Å²) in [5, 5.41) is 3.85. The zero-order valence-electron chi connectivity index (χ0n) is 15.5. The first-order valence-corrected chi connectivity index (χ1v) is 9.33. The summed E-state index contributed by atoms with van der Waals surface area (Å²) in [7, 11) is 3.61. The fourth-order valence-electron chi connectivity index (χ4n) is 4.09. The highest BCUT2D eigenvalue weighted by molar-refractivity contribution is 5.90. The minimum atomic E-state index is -0.352. The summed E-state index contributed by atoms with van der Waals surface area (Å²) >= 11 is 0. The fourth-order valence-corrected chi connectivity index (χ4v) is 4.09. The SMILES string of the molecule is CN[C@@H](C)[C@H]1CCN(c2ccc3c(=O)[nH]c(=O)n(C4CC4)c3c2OC)C1. The van der Waals surface area contributed by atoms with Gasteiger partial charge in [-0.25, -0.2) is 4.79 Å². The number of nitrogens with one attached hydrogen (secondary N) is 2. The van der Waals surface area contributed by atoms with Crippen molar-refractivity contribution in [2.24, 2.45) is 5.92 Å². The first-order chi connectivity index (χ1) is 12.5. The Morgan fingerprint density at radius 2 is 2.04 bits per heavy atom. The second-order valence-corrected chi connectivity index (χ2v) is 7.45. The first kappa shape index (κ1) is 17.1. The Balaban J connectivity index is 1.86. The number of H-pyrrole nitrogens is 1. The lowest BCUT2D eigenvalue weighted by Crippen LogP contribution is -2.33. The molecule has 1 saturated carbocycles. The molecule has 2 aliphatic rings. The molecule has 2 atom stereocenters. The molecule has 2 heterocycles. The van der Waals surface area contributed by atoms with E-state index in [4.69, 9.17) is 4.74 Å². The molecule has 4 rings (SSSR count). The molecule has 1 aromatic carbocycles. The van der Waals surface area contributed by atoms with Crippen molar-refractivity contribution in [3.05, 3.63) is 33.0 Å². The standard InChI is InChI=1S/C19H26N4O3/c1-11(20-2)12-8-9-22(10-12)15-7-6-14-16(17(15)26-3)23(13-4-5-13)19(25)21-18(14)24/h6-7,11-13,20H,4-5,8-10H2,1-3H3,(H,21,24,25)/t11-,12-/m0/s1. The Morgan fingerprint density at radius 1 is 1.27 bits per heavy atom. The van der Waals surface area contributed by atoms with Crippen LogP contribution in [-0.2, 0) is 0 Å². The van der Waals surface area contributed by atoms with Gasteiger partial charge >= 0.3 is 5.69 Å². The van der Waals surface area contributed by atoms with Crippen LogP contribution in [0.2, 0.25) is 0 Å². The number of benzene rings is 1. The van der Waals surface area contributed by atoms with E-state index in [0.29, 0.717) is 28.6 Å². The van der Waals surface area contributed by atoms with Crippen molar-refractivity contribution in [2.45, 2.75) is 38.3 Å². The molecule has 2 aromatic rings. The smallest absolute Gasteiger partial charge is 0.329 e. The maximum absolute atomic E-state index is 12.4. The van der Waals surface area contributed by atoms with Gasteiger partial charge in [0.15, 0.2) is 5.75 Å². The van der Waals surface area contributed by atoms with Gasteiger partial charge in [-0.05, 0) is 51.3 Å². The van der Waals surface area contributed by atoms with E-state index in [2.05, 4.69) is 22.1 Å². The van der Waals surface area contributed by atoms with Gasteiger partial charge in [-0.3, -0.25) is 14.3 Å². The van der Waals surface area contributed by atoms with E-state index in [1.54, 1.807) is 11.7 Å². The van der Waals surface area contributed by atoms with Crippen molar-refractivity contribution in [1.82, 2.24) is 14.9 Å². The fraction of sp³-hybridized carbons (Fsp3) is 0.579. The van der Waals surface area contributed by atoms with E-state index in [0.717, 1.165) is 38.0 Å². The van der Waals surface area contributed by atoms with Crippen LogP contribution in [0.5, 0.6) is 5.75 Å². The number of aromatic amines is 1. The molecule has 1 aliphatic heterocycles. The lowest BCUT2D eigenvalue weighted by Gasteiger charge is -2.24. The van der Waals surface area contributed by atoms with Crippen molar-refractivity contribution in [2.75, 3.05) is 32.1 Å². The van der Waals surface area contributed by atoms with Gasteiger partial charge in [-0.15, -0.1) is 0 Å². The van der Waals surface area contributed by atoms with Gasteiger partial charge in [-0.2, -0.15) is 0 Å². The molecule has 140 valence electrons. The third kappa shape index (κ3) is 2.70. The van der Waals surface area contributed by atoms with E-state index in [-0.39, 0.29) is 17.3 Å². The molecule has 0 amide bonds. The van der Waals surface area contributed by atoms with Crippen LogP contribution in [0.3, 0.4) is 0 Å². The molecule has 7 heteroatoms. The summed E-state index contributed by atoms with van der Waals surface area (Å²) in [5.41, 5.74) is 0.898. The number of ether oxygens (including phenoxy) is 1. The first-order valence-electron chi connectivity index (χ1n) is 9.33. The van der Waals surface area contributed by atoms with Gasteiger partial charge < -0.3 is 15.0 Å². The van der Waals surface area contributed by atoms with Gasteiger partial charge in [0.25, 0.3) is 5.56 Å². The van der Waals surface area contributed by atoms with E-state index in [1.165, 1.54) is 0 Å². The number of anilines is 1. The molecule has 2 fully saturated rings. The number of methoxy groups -OCH3 is 1. The topological polar surface area (TPSA) is 79.4 Å². The number of rotatable bonds is 5. The minimum Gasteiger partial charge on any atom is -0.492 e. The summed E-state index contributed by atoms with van der Waals surface area (Å²) in [6, 6.07) is 4.37. The molecule has 1 saturated heterocycles. The Bertz CT molecular complexity index is 944. The van der Waals surface area contributed by atoms with Crippen LogP contribution in [0.1, 0.15) is 32.2 Å². The van der Waals surface area contributed by atoms with Crippen molar-refractivity contribution < 1.29 is 4.74 Å². The van der Waals surface area contributed by atoms with Gasteiger partial charge in [0.2, 0.25) is 0 Å². The van der Waals surface area contributed by atoms with Crippen LogP contribution in [-0.4, -0.2) is 42.8 Å². The highest BCUT2D eigenvalue weighted by atomic mass is 16.5. The van der Waals surface area contributed by atoms with E-state index >= 15 is 0 Å². The Morgan fingerprint density at radius 3 is 2.69 bits per heavy atom. The molecular formula is C19H26N4O3. The van der Waals surface area contributed by atoms with Gasteiger partial charge in [-0.1, -0.05) is 0 Å². The van der Waals surface area contributed by atoms with Crippen LogP contribution in [0.15, 0.2) is 21.7 Å². The number of fused-ring (bicyclic) bond motifs is 1. The molecule has 0 radical (unpaired) electrons. The van der Waals surface area contributed by atoms with E-state index < -0.39 is 0 Å². The lowest BCUT2D eigenvalue weighted by atomic mass is 10.0. The van der Waals surface area contributed by atoms with Crippen molar-refractivity contribution in [3.63, 3.8) is 0 Å². The quantitative estimate of drug-likeness (QED) is 0.846. The third-order valence-electron chi connectivity index (χ3n) is 5.88. The molecule has 1 aliphatic carbocycles. The predicted molar refractivity (Wildman–Crippen MR) is 102 cm³/mol. The molecular weight excluding hydrogens is 332 g/mol. The molecule has 7 nitrogen and oxygen atoms in total. The van der Waals surface area contributed by atoms with Crippen LogP contribution in [0, 0.1) is 5.92 Å². The van der Waals surface area contributed by atoms with E-state index in [1.807, 2.05) is 19.2 Å². The van der Waals surface area contributed by atoms with Crippen LogP contribution >= 0.6 is 0 Å². The summed E-state index contributed by atoms with van der Waals surface area (Å²) < 4.78 is 7.46. The van der Waals surface area contributed by atoms with Crippen molar-refractivity contribution in [3.8, 4) is 5.75 Å². The zero-order chi connectivity index (χ0) is 18.4. The number of nitrogens with zero attached hydrogens (tertiary/aromatic N) is 2. The van der Waals surface area contributed by atoms with E-state index in [9.17, 15) is 9.59 Å². The second kappa shape index (κ2) is 6.46. The lowest BCUT2D eigenvalue weighted by molar-refractivity contribution is 0.414. The maximum atomic E-state index is 12.4. The Kier molecular flexibility index (Phi) is 4.26. The summed E-state index contributed by atoms with van der Waals surface area (Å²) in [4.78, 5) is 29.5. The number of hydrogen-bond donors (Lipinski definition) is 2. The van der Waals surface area contributed by atoms with Crippen LogP contribution in [0.4, 0.5) is 5.69 Å². The number of aromatic nitrogens is 2. The van der Waals surface area contributed by atoms with Crippen LogP contribution in [0.25, 0.3) is 10.9 Å². The Labute approximate surface area is 152 Å². The molecule has 26 heavy (non-hydrogen) atoms. The van der Waals surface area contributed by atoms with Crippen molar-refractivity contribution in [1.29, 1.82) is 0 Å². The monoisotopic (exact) mass is 358 g/mol. The highest BCUT2D eigenvalue weighted by Gasteiger charge is 2.32. The highest BCUT2D eigenvalue weighted by Crippen LogP contribution is 2.42. The van der Waals surface area contributed by atoms with Gasteiger partial charge in [0, 0.05) is 25.2 Å². The maximum Gasteiger partial charge on any atom is 0.329 e. The summed E-state index contributed by atoms with van der Waals surface area (Å²) in [5.74, 6) is 1.19. The average molecular weight is 358 g/mol. The Hall–Kier alpha value is -2.28. The zero-order valence-corrected chi connectivity index (χ0v) is 15.5. The molecule has 0 spiro atoms. The predicted octanol–water partition coefficient (Wildman–Crippen LogP) is 1.47. The van der Waals surface area contributed by atoms with Gasteiger partial charge in [0.1, 0.15) is 5.52 Å². The van der Waals surface area contributed by atoms with Gasteiger partial charge in [0.05, 0.1) is 18.2 Å². The summed E-state index contributed by atoms with van der Waals surface area (Å²) in [6.07, 6.45) is 3.02. The summed E-state index contributed by atoms with van der Waals surface area (Å²) in [6.45, 7) is 4.08. The number of hydrogen-bond acceptors (Lipinski definition) is 5. The second-order valence-electron chi connectivity index (χ2n) is 7.45. The normalized spacial score (nSPS) is 21.3. The molecule has 0 bridgehead atoms. The van der Waals surface area contributed by atoms with Crippen molar-refractivity contribution >= 4 is 16.6 Å². The largest absolute Gasteiger partial charge is 0.492 e. The molecule has 1 aromatic heterocycles. The molecule has 0 unspecified atom stereocenters.